The van der Waals surface area contributed by atoms with E-state index in [1.165, 1.54) is 19.3 Å². The van der Waals surface area contributed by atoms with E-state index in [9.17, 15) is 0 Å². The number of halogens is 1. The SMILES string of the molecule is CCC1CCCN(c2c(Cl)cccc2CN)C1. The first-order valence-electron chi connectivity index (χ1n) is 6.48. The number of piperidine rings is 1. The molecule has 1 unspecified atom stereocenters. The molecule has 1 saturated heterocycles. The highest BCUT2D eigenvalue weighted by Crippen LogP contribution is 2.33. The van der Waals surface area contributed by atoms with Crippen LogP contribution in [0.15, 0.2) is 18.2 Å². The van der Waals surface area contributed by atoms with Crippen molar-refractivity contribution in [3.8, 4) is 0 Å². The number of hydrogen-bond donors (Lipinski definition) is 1. The van der Waals surface area contributed by atoms with E-state index < -0.39 is 0 Å². The van der Waals surface area contributed by atoms with Gasteiger partial charge in [-0.05, 0) is 30.4 Å². The molecular weight excluding hydrogens is 232 g/mol. The van der Waals surface area contributed by atoms with Gasteiger partial charge in [-0.1, -0.05) is 37.1 Å². The Morgan fingerprint density at radius 2 is 2.29 bits per heavy atom. The van der Waals surface area contributed by atoms with Crippen molar-refractivity contribution in [1.29, 1.82) is 0 Å². The van der Waals surface area contributed by atoms with Gasteiger partial charge in [0.1, 0.15) is 0 Å². The molecule has 1 atom stereocenters. The van der Waals surface area contributed by atoms with E-state index in [4.69, 9.17) is 17.3 Å². The largest absolute Gasteiger partial charge is 0.370 e. The Morgan fingerprint density at radius 1 is 1.47 bits per heavy atom. The maximum Gasteiger partial charge on any atom is 0.0642 e. The highest BCUT2D eigenvalue weighted by Gasteiger charge is 2.21. The molecule has 0 aromatic heterocycles. The van der Waals surface area contributed by atoms with E-state index >= 15 is 0 Å². The van der Waals surface area contributed by atoms with Crippen molar-refractivity contribution in [1.82, 2.24) is 0 Å². The van der Waals surface area contributed by atoms with Crippen LogP contribution in [-0.4, -0.2) is 13.1 Å². The molecule has 0 spiro atoms. The van der Waals surface area contributed by atoms with Crippen LogP contribution in [-0.2, 0) is 6.54 Å². The van der Waals surface area contributed by atoms with Crippen LogP contribution >= 0.6 is 11.6 Å². The predicted molar refractivity (Wildman–Crippen MR) is 74.6 cm³/mol. The number of nitrogens with two attached hydrogens (primary N) is 1. The Labute approximate surface area is 109 Å². The van der Waals surface area contributed by atoms with Gasteiger partial charge in [0.25, 0.3) is 0 Å². The van der Waals surface area contributed by atoms with Crippen LogP contribution in [0.2, 0.25) is 5.02 Å². The normalized spacial score (nSPS) is 20.6. The minimum absolute atomic E-state index is 0.559. The van der Waals surface area contributed by atoms with Crippen LogP contribution in [0.5, 0.6) is 0 Å². The molecule has 1 aromatic carbocycles. The summed E-state index contributed by atoms with van der Waals surface area (Å²) in [4.78, 5) is 2.42. The van der Waals surface area contributed by atoms with Crippen molar-refractivity contribution in [2.45, 2.75) is 32.7 Å². The Kier molecular flexibility index (Phi) is 4.30. The van der Waals surface area contributed by atoms with Gasteiger partial charge in [0.2, 0.25) is 0 Å². The summed E-state index contributed by atoms with van der Waals surface area (Å²) in [6.07, 6.45) is 3.85. The maximum atomic E-state index is 6.34. The Hall–Kier alpha value is -0.730. The Bertz CT molecular complexity index is 378. The van der Waals surface area contributed by atoms with Gasteiger partial charge < -0.3 is 10.6 Å². The fourth-order valence-corrected chi connectivity index (χ4v) is 2.99. The molecular formula is C14H21ClN2. The monoisotopic (exact) mass is 252 g/mol. The number of rotatable bonds is 3. The van der Waals surface area contributed by atoms with Crippen LogP contribution < -0.4 is 10.6 Å². The van der Waals surface area contributed by atoms with E-state index in [-0.39, 0.29) is 0 Å². The second-order valence-electron chi connectivity index (χ2n) is 4.81. The summed E-state index contributed by atoms with van der Waals surface area (Å²) in [6.45, 7) is 5.05. The zero-order chi connectivity index (χ0) is 12.3. The van der Waals surface area contributed by atoms with Crippen molar-refractivity contribution in [2.24, 2.45) is 11.7 Å². The van der Waals surface area contributed by atoms with Gasteiger partial charge in [0.05, 0.1) is 10.7 Å². The molecule has 1 fully saturated rings. The number of para-hydroxylation sites is 1. The van der Waals surface area contributed by atoms with Gasteiger partial charge in [-0.3, -0.25) is 0 Å². The average molecular weight is 253 g/mol. The number of nitrogens with zero attached hydrogens (tertiary/aromatic N) is 1. The zero-order valence-corrected chi connectivity index (χ0v) is 11.2. The molecule has 17 heavy (non-hydrogen) atoms. The third kappa shape index (κ3) is 2.75. The lowest BCUT2D eigenvalue weighted by molar-refractivity contribution is 0.404. The standard InChI is InChI=1S/C14H21ClN2/c1-2-11-5-4-8-17(10-11)14-12(9-16)6-3-7-13(14)15/h3,6-7,11H,2,4-5,8-10,16H2,1H3. The molecule has 0 radical (unpaired) electrons. The molecule has 2 nitrogen and oxygen atoms in total. The molecule has 0 bridgehead atoms. The molecule has 1 heterocycles. The quantitative estimate of drug-likeness (QED) is 0.893. The lowest BCUT2D eigenvalue weighted by Crippen LogP contribution is -2.36. The lowest BCUT2D eigenvalue weighted by Gasteiger charge is -2.35. The summed E-state index contributed by atoms with van der Waals surface area (Å²) < 4.78 is 0. The van der Waals surface area contributed by atoms with Gasteiger partial charge in [-0.25, -0.2) is 0 Å². The molecule has 2 rings (SSSR count). The van der Waals surface area contributed by atoms with E-state index in [2.05, 4.69) is 17.9 Å². The second-order valence-corrected chi connectivity index (χ2v) is 5.22. The molecule has 1 aliphatic heterocycles. The first-order valence-corrected chi connectivity index (χ1v) is 6.86. The molecule has 0 amide bonds. The van der Waals surface area contributed by atoms with Crippen LogP contribution in [0, 0.1) is 5.92 Å². The summed E-state index contributed by atoms with van der Waals surface area (Å²) in [5.74, 6) is 0.797. The molecule has 0 saturated carbocycles. The van der Waals surface area contributed by atoms with Gasteiger partial charge in [0.15, 0.2) is 0 Å². The third-order valence-electron chi connectivity index (χ3n) is 3.70. The molecule has 1 aromatic rings. The van der Waals surface area contributed by atoms with Crippen molar-refractivity contribution >= 4 is 17.3 Å². The molecule has 94 valence electrons. The van der Waals surface area contributed by atoms with Gasteiger partial charge in [0, 0.05) is 19.6 Å². The number of benzene rings is 1. The third-order valence-corrected chi connectivity index (χ3v) is 4.01. The smallest absolute Gasteiger partial charge is 0.0642 e. The van der Waals surface area contributed by atoms with Crippen molar-refractivity contribution in [3.05, 3.63) is 28.8 Å². The van der Waals surface area contributed by atoms with Crippen molar-refractivity contribution in [3.63, 3.8) is 0 Å². The maximum absolute atomic E-state index is 6.34. The highest BCUT2D eigenvalue weighted by atomic mass is 35.5. The van der Waals surface area contributed by atoms with Crippen LogP contribution in [0.25, 0.3) is 0 Å². The Balaban J connectivity index is 2.26. The fourth-order valence-electron chi connectivity index (χ4n) is 2.68. The van der Waals surface area contributed by atoms with Crippen LogP contribution in [0.1, 0.15) is 31.7 Å². The van der Waals surface area contributed by atoms with Crippen molar-refractivity contribution in [2.75, 3.05) is 18.0 Å². The zero-order valence-electron chi connectivity index (χ0n) is 10.5. The van der Waals surface area contributed by atoms with Gasteiger partial charge >= 0.3 is 0 Å². The minimum atomic E-state index is 0.559. The van der Waals surface area contributed by atoms with E-state index in [0.717, 1.165) is 35.3 Å². The lowest BCUT2D eigenvalue weighted by atomic mass is 9.94. The summed E-state index contributed by atoms with van der Waals surface area (Å²) in [5, 5.41) is 0.838. The van der Waals surface area contributed by atoms with E-state index in [1.54, 1.807) is 0 Å². The molecule has 3 heteroatoms. The minimum Gasteiger partial charge on any atom is -0.370 e. The second kappa shape index (κ2) is 5.74. The molecule has 0 aliphatic carbocycles. The summed E-state index contributed by atoms with van der Waals surface area (Å²) >= 11 is 6.34. The van der Waals surface area contributed by atoms with E-state index in [0.29, 0.717) is 6.54 Å². The van der Waals surface area contributed by atoms with Crippen molar-refractivity contribution < 1.29 is 0 Å². The fraction of sp³-hybridized carbons (Fsp3) is 0.571. The first-order chi connectivity index (χ1) is 8.26. The summed E-state index contributed by atoms with van der Waals surface area (Å²) in [6, 6.07) is 6.03. The Morgan fingerprint density at radius 3 is 3.00 bits per heavy atom. The summed E-state index contributed by atoms with van der Waals surface area (Å²) in [7, 11) is 0. The average Bonchev–Trinajstić information content (AvgIpc) is 2.38. The molecule has 1 aliphatic rings. The van der Waals surface area contributed by atoms with Gasteiger partial charge in [-0.2, -0.15) is 0 Å². The number of hydrogen-bond acceptors (Lipinski definition) is 2. The van der Waals surface area contributed by atoms with Crippen LogP contribution in [0.3, 0.4) is 0 Å². The highest BCUT2D eigenvalue weighted by molar-refractivity contribution is 6.33. The summed E-state index contributed by atoms with van der Waals surface area (Å²) in [5.41, 5.74) is 8.13. The number of anilines is 1. The van der Waals surface area contributed by atoms with E-state index in [1.807, 2.05) is 12.1 Å². The first kappa shape index (κ1) is 12.7. The molecule has 2 N–H and O–H groups in total. The van der Waals surface area contributed by atoms with Gasteiger partial charge in [-0.15, -0.1) is 0 Å². The van der Waals surface area contributed by atoms with Crippen LogP contribution in [0.4, 0.5) is 5.69 Å². The predicted octanol–water partition coefficient (Wildman–Crippen LogP) is 3.43. The topological polar surface area (TPSA) is 29.3 Å².